The Morgan fingerprint density at radius 1 is 1.25 bits per heavy atom. The molecule has 1 saturated heterocycles. The maximum absolute atomic E-state index is 12.4. The molecule has 2 N–H and O–H groups in total. The molecule has 2 heterocycles. The average molecular weight is 270 g/mol. The SMILES string of the molecule is NC(=O)C1CCCN1C(=O)c1cnc2ccccc2n1. The molecule has 2 aromatic rings. The number of fused-ring (bicyclic) bond motifs is 1. The van der Waals surface area contributed by atoms with Crippen molar-refractivity contribution in [3.05, 3.63) is 36.2 Å². The number of hydrogen-bond acceptors (Lipinski definition) is 4. The molecule has 1 aliphatic heterocycles. The highest BCUT2D eigenvalue weighted by atomic mass is 16.2. The van der Waals surface area contributed by atoms with Crippen LogP contribution in [0.3, 0.4) is 0 Å². The normalized spacial score (nSPS) is 18.4. The van der Waals surface area contributed by atoms with Gasteiger partial charge in [-0.25, -0.2) is 4.98 Å². The first kappa shape index (κ1) is 12.5. The number of rotatable bonds is 2. The fourth-order valence-corrected chi connectivity index (χ4v) is 2.51. The van der Waals surface area contributed by atoms with Crippen LogP contribution in [0.15, 0.2) is 30.5 Å². The minimum Gasteiger partial charge on any atom is -0.368 e. The minimum atomic E-state index is -0.532. The van der Waals surface area contributed by atoms with Gasteiger partial charge in [-0.05, 0) is 25.0 Å². The number of nitrogens with zero attached hydrogens (tertiary/aromatic N) is 3. The van der Waals surface area contributed by atoms with E-state index in [4.69, 9.17) is 5.73 Å². The molecule has 1 atom stereocenters. The maximum atomic E-state index is 12.4. The Balaban J connectivity index is 1.94. The van der Waals surface area contributed by atoms with E-state index >= 15 is 0 Å². The summed E-state index contributed by atoms with van der Waals surface area (Å²) in [6.07, 6.45) is 2.84. The standard InChI is InChI=1S/C14H14N4O2/c15-13(19)12-6-3-7-18(12)14(20)11-8-16-9-4-1-2-5-10(9)17-11/h1-2,4-5,8,12H,3,6-7H2,(H2,15,19). The van der Waals surface area contributed by atoms with E-state index in [1.165, 1.54) is 11.1 Å². The van der Waals surface area contributed by atoms with E-state index in [1.807, 2.05) is 18.2 Å². The molecule has 1 unspecified atom stereocenters. The number of para-hydroxylation sites is 2. The number of benzene rings is 1. The number of hydrogen-bond donors (Lipinski definition) is 1. The molecule has 102 valence electrons. The van der Waals surface area contributed by atoms with E-state index < -0.39 is 11.9 Å². The van der Waals surface area contributed by atoms with Gasteiger partial charge in [-0.3, -0.25) is 14.6 Å². The molecule has 1 aromatic heterocycles. The van der Waals surface area contributed by atoms with Crippen molar-refractivity contribution in [2.75, 3.05) is 6.54 Å². The highest BCUT2D eigenvalue weighted by Gasteiger charge is 2.33. The predicted octanol–water partition coefficient (Wildman–Crippen LogP) is 0.720. The van der Waals surface area contributed by atoms with Gasteiger partial charge in [0.15, 0.2) is 0 Å². The third-order valence-electron chi connectivity index (χ3n) is 3.51. The van der Waals surface area contributed by atoms with Crippen LogP contribution in [-0.4, -0.2) is 39.3 Å². The van der Waals surface area contributed by atoms with E-state index in [-0.39, 0.29) is 11.6 Å². The third kappa shape index (κ3) is 2.09. The van der Waals surface area contributed by atoms with Crippen molar-refractivity contribution in [1.29, 1.82) is 0 Å². The van der Waals surface area contributed by atoms with E-state index in [0.717, 1.165) is 11.9 Å². The summed E-state index contributed by atoms with van der Waals surface area (Å²) in [7, 11) is 0. The van der Waals surface area contributed by atoms with Crippen LogP contribution in [-0.2, 0) is 4.79 Å². The Morgan fingerprint density at radius 3 is 2.75 bits per heavy atom. The van der Waals surface area contributed by atoms with Gasteiger partial charge in [-0.1, -0.05) is 12.1 Å². The topological polar surface area (TPSA) is 89.2 Å². The molecular formula is C14H14N4O2. The average Bonchev–Trinajstić information content (AvgIpc) is 2.95. The van der Waals surface area contributed by atoms with Gasteiger partial charge in [-0.15, -0.1) is 0 Å². The quantitative estimate of drug-likeness (QED) is 0.870. The largest absolute Gasteiger partial charge is 0.368 e. The zero-order valence-corrected chi connectivity index (χ0v) is 10.8. The third-order valence-corrected chi connectivity index (χ3v) is 3.51. The second-order valence-corrected chi connectivity index (χ2v) is 4.80. The molecule has 0 spiro atoms. The van der Waals surface area contributed by atoms with Gasteiger partial charge in [0.05, 0.1) is 17.2 Å². The van der Waals surface area contributed by atoms with Crippen LogP contribution >= 0.6 is 0 Å². The van der Waals surface area contributed by atoms with Crippen LogP contribution in [0.5, 0.6) is 0 Å². The van der Waals surface area contributed by atoms with Gasteiger partial charge < -0.3 is 10.6 Å². The van der Waals surface area contributed by atoms with E-state index in [2.05, 4.69) is 9.97 Å². The van der Waals surface area contributed by atoms with Crippen molar-refractivity contribution in [2.24, 2.45) is 5.73 Å². The van der Waals surface area contributed by atoms with Crippen molar-refractivity contribution in [1.82, 2.24) is 14.9 Å². The second kappa shape index (κ2) is 4.88. The van der Waals surface area contributed by atoms with E-state index in [1.54, 1.807) is 6.07 Å². The molecule has 20 heavy (non-hydrogen) atoms. The van der Waals surface area contributed by atoms with Gasteiger partial charge in [-0.2, -0.15) is 0 Å². The molecule has 1 aliphatic rings. The van der Waals surface area contributed by atoms with Crippen LogP contribution in [0.2, 0.25) is 0 Å². The molecule has 0 aliphatic carbocycles. The Hall–Kier alpha value is -2.50. The fraction of sp³-hybridized carbons (Fsp3) is 0.286. The predicted molar refractivity (Wildman–Crippen MR) is 72.8 cm³/mol. The first-order chi connectivity index (χ1) is 9.66. The van der Waals surface area contributed by atoms with Crippen molar-refractivity contribution < 1.29 is 9.59 Å². The summed E-state index contributed by atoms with van der Waals surface area (Å²) in [6, 6.07) is 6.80. The summed E-state index contributed by atoms with van der Waals surface area (Å²) in [6.45, 7) is 0.529. The maximum Gasteiger partial charge on any atom is 0.274 e. The summed E-state index contributed by atoms with van der Waals surface area (Å²) in [4.78, 5) is 33.8. The molecule has 3 rings (SSSR count). The highest BCUT2D eigenvalue weighted by molar-refractivity contribution is 5.97. The summed E-state index contributed by atoms with van der Waals surface area (Å²) < 4.78 is 0. The molecule has 2 amide bonds. The molecule has 0 bridgehead atoms. The van der Waals surface area contributed by atoms with Crippen molar-refractivity contribution in [2.45, 2.75) is 18.9 Å². The van der Waals surface area contributed by atoms with Gasteiger partial charge in [0.1, 0.15) is 11.7 Å². The number of primary amides is 1. The Labute approximate surface area is 115 Å². The summed E-state index contributed by atoms with van der Waals surface area (Å²) >= 11 is 0. The first-order valence-corrected chi connectivity index (χ1v) is 6.49. The van der Waals surface area contributed by atoms with Crippen LogP contribution < -0.4 is 5.73 Å². The summed E-state index contributed by atoms with van der Waals surface area (Å²) in [5.41, 5.74) is 6.97. The molecule has 6 heteroatoms. The van der Waals surface area contributed by atoms with E-state index in [0.29, 0.717) is 18.5 Å². The Morgan fingerprint density at radius 2 is 2.00 bits per heavy atom. The second-order valence-electron chi connectivity index (χ2n) is 4.80. The molecular weight excluding hydrogens is 256 g/mol. The fourth-order valence-electron chi connectivity index (χ4n) is 2.51. The van der Waals surface area contributed by atoms with Crippen molar-refractivity contribution >= 4 is 22.8 Å². The number of likely N-dealkylation sites (tertiary alicyclic amines) is 1. The monoisotopic (exact) mass is 270 g/mol. The Bertz CT molecular complexity index is 686. The lowest BCUT2D eigenvalue weighted by molar-refractivity contribution is -0.121. The summed E-state index contributed by atoms with van der Waals surface area (Å²) in [5, 5.41) is 0. The van der Waals surface area contributed by atoms with Crippen molar-refractivity contribution in [3.8, 4) is 0 Å². The number of carbonyl (C=O) groups is 2. The lowest BCUT2D eigenvalue weighted by Gasteiger charge is -2.21. The molecule has 0 saturated carbocycles. The molecule has 1 fully saturated rings. The lowest BCUT2D eigenvalue weighted by Crippen LogP contribution is -2.44. The van der Waals surface area contributed by atoms with E-state index in [9.17, 15) is 9.59 Å². The summed E-state index contributed by atoms with van der Waals surface area (Å²) in [5.74, 6) is -0.755. The number of nitrogens with two attached hydrogens (primary N) is 1. The van der Waals surface area contributed by atoms with Gasteiger partial charge in [0.25, 0.3) is 5.91 Å². The van der Waals surface area contributed by atoms with Gasteiger partial charge in [0, 0.05) is 6.54 Å². The molecule has 1 aromatic carbocycles. The van der Waals surface area contributed by atoms with Crippen LogP contribution in [0.25, 0.3) is 11.0 Å². The molecule has 0 radical (unpaired) electrons. The number of carbonyl (C=O) groups excluding carboxylic acids is 2. The van der Waals surface area contributed by atoms with Crippen LogP contribution in [0.1, 0.15) is 23.3 Å². The highest BCUT2D eigenvalue weighted by Crippen LogP contribution is 2.19. The van der Waals surface area contributed by atoms with Gasteiger partial charge in [0.2, 0.25) is 5.91 Å². The lowest BCUT2D eigenvalue weighted by atomic mass is 10.2. The van der Waals surface area contributed by atoms with Crippen molar-refractivity contribution in [3.63, 3.8) is 0 Å². The first-order valence-electron chi connectivity index (χ1n) is 6.49. The number of amides is 2. The van der Waals surface area contributed by atoms with Crippen LogP contribution in [0.4, 0.5) is 0 Å². The Kier molecular flexibility index (Phi) is 3.06. The zero-order chi connectivity index (χ0) is 14.1. The molecule has 6 nitrogen and oxygen atoms in total. The minimum absolute atomic E-state index is 0.247. The van der Waals surface area contributed by atoms with Crippen LogP contribution in [0, 0.1) is 0 Å². The smallest absolute Gasteiger partial charge is 0.274 e. The van der Waals surface area contributed by atoms with Gasteiger partial charge >= 0.3 is 0 Å². The zero-order valence-electron chi connectivity index (χ0n) is 10.8. The number of aromatic nitrogens is 2.